The molecule has 0 aliphatic heterocycles. The fraction of sp³-hybridized carbons (Fsp3) is 0.188. The Hall–Kier alpha value is -2.60. The molecular weight excluding hydrogens is 287 g/mol. The zero-order chi connectivity index (χ0) is 15.9. The van der Waals surface area contributed by atoms with Gasteiger partial charge in [0.2, 0.25) is 0 Å². The maximum atomic E-state index is 12.8. The first-order chi connectivity index (χ1) is 10.6. The first-order valence-electron chi connectivity index (χ1n) is 6.71. The highest BCUT2D eigenvalue weighted by molar-refractivity contribution is 5.89. The largest absolute Gasteiger partial charge is 0.496 e. The molecule has 0 fully saturated rings. The summed E-state index contributed by atoms with van der Waals surface area (Å²) in [4.78, 5) is 11.7. The lowest BCUT2D eigenvalue weighted by atomic mass is 10.1. The van der Waals surface area contributed by atoms with Gasteiger partial charge in [-0.15, -0.1) is 0 Å². The van der Waals surface area contributed by atoms with Crippen LogP contribution < -0.4 is 15.4 Å². The van der Waals surface area contributed by atoms with Gasteiger partial charge in [-0.05, 0) is 30.3 Å². The fourth-order valence-electron chi connectivity index (χ4n) is 1.95. The first kappa shape index (κ1) is 15.8. The minimum Gasteiger partial charge on any atom is -0.496 e. The van der Waals surface area contributed by atoms with Crippen LogP contribution in [-0.4, -0.2) is 24.8 Å². The summed E-state index contributed by atoms with van der Waals surface area (Å²) >= 11 is 0. The molecule has 0 aromatic heterocycles. The van der Waals surface area contributed by atoms with Crippen molar-refractivity contribution in [2.75, 3.05) is 19.0 Å². The van der Waals surface area contributed by atoms with Crippen LogP contribution in [0.2, 0.25) is 0 Å². The summed E-state index contributed by atoms with van der Waals surface area (Å²) in [6, 6.07) is 11.9. The van der Waals surface area contributed by atoms with Crippen LogP contribution in [-0.2, 0) is 0 Å². The second-order valence-corrected chi connectivity index (χ2v) is 4.60. The van der Waals surface area contributed by atoms with Gasteiger partial charge < -0.3 is 20.5 Å². The number of rotatable bonds is 5. The Balaban J connectivity index is 1.89. The average molecular weight is 304 g/mol. The smallest absolute Gasteiger partial charge is 0.319 e. The Bertz CT molecular complexity index is 632. The summed E-state index contributed by atoms with van der Waals surface area (Å²) in [7, 11) is 1.51. The lowest BCUT2D eigenvalue weighted by molar-refractivity contribution is 0.171. The molecule has 0 bridgehead atoms. The number of carbonyl (C=O) groups excluding carboxylic acids is 1. The number of ether oxygens (including phenoxy) is 1. The molecule has 0 saturated carbocycles. The van der Waals surface area contributed by atoms with Gasteiger partial charge in [-0.1, -0.05) is 18.2 Å². The van der Waals surface area contributed by atoms with E-state index in [-0.39, 0.29) is 12.4 Å². The normalized spacial score (nSPS) is 11.6. The maximum Gasteiger partial charge on any atom is 0.319 e. The van der Waals surface area contributed by atoms with Crippen molar-refractivity contribution in [2.45, 2.75) is 6.10 Å². The molecule has 5 nitrogen and oxygen atoms in total. The number of anilines is 1. The number of urea groups is 1. The lowest BCUT2D eigenvalue weighted by Crippen LogP contribution is -2.32. The first-order valence-corrected chi connectivity index (χ1v) is 6.71. The summed E-state index contributed by atoms with van der Waals surface area (Å²) in [6.07, 6.45) is -0.893. The van der Waals surface area contributed by atoms with Gasteiger partial charge in [0.25, 0.3) is 0 Å². The second-order valence-electron chi connectivity index (χ2n) is 4.60. The van der Waals surface area contributed by atoms with E-state index in [0.29, 0.717) is 17.0 Å². The van der Waals surface area contributed by atoms with Crippen molar-refractivity contribution in [3.05, 3.63) is 59.9 Å². The van der Waals surface area contributed by atoms with Crippen LogP contribution in [0, 0.1) is 5.82 Å². The molecule has 2 aromatic carbocycles. The molecule has 0 aliphatic carbocycles. The molecule has 6 heteroatoms. The molecule has 1 atom stereocenters. The summed E-state index contributed by atoms with van der Waals surface area (Å²) in [6.45, 7) is 0.0212. The Kier molecular flexibility index (Phi) is 5.32. The molecular formula is C16H17FN2O3. The van der Waals surface area contributed by atoms with Crippen molar-refractivity contribution in [2.24, 2.45) is 0 Å². The number of benzene rings is 2. The average Bonchev–Trinajstić information content (AvgIpc) is 2.54. The molecule has 2 rings (SSSR count). The fourth-order valence-corrected chi connectivity index (χ4v) is 1.95. The van der Waals surface area contributed by atoms with E-state index in [1.807, 2.05) is 0 Å². The van der Waals surface area contributed by atoms with E-state index in [0.717, 1.165) is 0 Å². The van der Waals surface area contributed by atoms with E-state index in [4.69, 9.17) is 4.74 Å². The van der Waals surface area contributed by atoms with Crippen LogP contribution in [0.3, 0.4) is 0 Å². The van der Waals surface area contributed by atoms with Gasteiger partial charge in [-0.2, -0.15) is 0 Å². The Morgan fingerprint density at radius 3 is 2.59 bits per heavy atom. The number of carbonyl (C=O) groups is 1. The van der Waals surface area contributed by atoms with E-state index in [1.165, 1.54) is 31.4 Å². The number of amides is 2. The highest BCUT2D eigenvalue weighted by Crippen LogP contribution is 2.24. The summed E-state index contributed by atoms with van der Waals surface area (Å²) in [5, 5.41) is 15.2. The number of hydrogen-bond acceptors (Lipinski definition) is 3. The Morgan fingerprint density at radius 1 is 1.23 bits per heavy atom. The monoisotopic (exact) mass is 304 g/mol. The van der Waals surface area contributed by atoms with E-state index < -0.39 is 12.1 Å². The SMILES string of the molecule is COc1ccccc1[C@H](O)CNC(=O)Nc1ccc(F)cc1. The van der Waals surface area contributed by atoms with E-state index in [2.05, 4.69) is 10.6 Å². The molecule has 2 amide bonds. The molecule has 0 spiro atoms. The molecule has 0 heterocycles. The van der Waals surface area contributed by atoms with Crippen molar-refractivity contribution in [3.63, 3.8) is 0 Å². The Labute approximate surface area is 127 Å². The predicted octanol–water partition coefficient (Wildman–Crippen LogP) is 2.69. The standard InChI is InChI=1S/C16H17FN2O3/c1-22-15-5-3-2-4-13(15)14(20)10-18-16(21)19-12-8-6-11(17)7-9-12/h2-9,14,20H,10H2,1H3,(H2,18,19,21)/t14-/m1/s1. The third-order valence-electron chi connectivity index (χ3n) is 3.06. The summed E-state index contributed by atoms with van der Waals surface area (Å²) < 4.78 is 17.9. The molecule has 22 heavy (non-hydrogen) atoms. The van der Waals surface area contributed by atoms with E-state index in [9.17, 15) is 14.3 Å². The minimum atomic E-state index is -0.893. The number of aliphatic hydroxyl groups excluding tert-OH is 1. The molecule has 0 aliphatic rings. The van der Waals surface area contributed by atoms with E-state index >= 15 is 0 Å². The molecule has 3 N–H and O–H groups in total. The van der Waals surface area contributed by atoms with Crippen LogP contribution >= 0.6 is 0 Å². The van der Waals surface area contributed by atoms with Gasteiger partial charge in [0.1, 0.15) is 11.6 Å². The maximum absolute atomic E-state index is 12.8. The third kappa shape index (κ3) is 4.20. The summed E-state index contributed by atoms with van der Waals surface area (Å²) in [5.74, 6) is 0.174. The number of halogens is 1. The van der Waals surface area contributed by atoms with Gasteiger partial charge >= 0.3 is 6.03 Å². The zero-order valence-corrected chi connectivity index (χ0v) is 12.0. The highest BCUT2D eigenvalue weighted by Gasteiger charge is 2.13. The molecule has 0 radical (unpaired) electrons. The lowest BCUT2D eigenvalue weighted by Gasteiger charge is -2.15. The number of hydrogen-bond donors (Lipinski definition) is 3. The van der Waals surface area contributed by atoms with Gasteiger partial charge in [-0.3, -0.25) is 0 Å². The number of para-hydroxylation sites is 1. The molecule has 116 valence electrons. The minimum absolute atomic E-state index is 0.0212. The van der Waals surface area contributed by atoms with Crippen LogP contribution in [0.4, 0.5) is 14.9 Å². The Morgan fingerprint density at radius 2 is 1.91 bits per heavy atom. The van der Waals surface area contributed by atoms with Crippen LogP contribution in [0.5, 0.6) is 5.75 Å². The van der Waals surface area contributed by atoms with Crippen LogP contribution in [0.15, 0.2) is 48.5 Å². The van der Waals surface area contributed by atoms with Crippen molar-refractivity contribution in [1.29, 1.82) is 0 Å². The number of aliphatic hydroxyl groups is 1. The van der Waals surface area contributed by atoms with Crippen molar-refractivity contribution in [3.8, 4) is 5.75 Å². The van der Waals surface area contributed by atoms with Gasteiger partial charge in [0.05, 0.1) is 13.2 Å². The predicted molar refractivity (Wildman–Crippen MR) is 81.4 cm³/mol. The van der Waals surface area contributed by atoms with Crippen molar-refractivity contribution < 1.29 is 19.0 Å². The zero-order valence-electron chi connectivity index (χ0n) is 12.0. The molecule has 0 saturated heterocycles. The van der Waals surface area contributed by atoms with E-state index in [1.54, 1.807) is 24.3 Å². The molecule has 2 aromatic rings. The van der Waals surface area contributed by atoms with Crippen LogP contribution in [0.25, 0.3) is 0 Å². The third-order valence-corrected chi connectivity index (χ3v) is 3.06. The van der Waals surface area contributed by atoms with Gasteiger partial charge in [0, 0.05) is 17.8 Å². The van der Waals surface area contributed by atoms with Crippen molar-refractivity contribution in [1.82, 2.24) is 5.32 Å². The highest BCUT2D eigenvalue weighted by atomic mass is 19.1. The quantitative estimate of drug-likeness (QED) is 0.795. The van der Waals surface area contributed by atoms with Gasteiger partial charge in [-0.25, -0.2) is 9.18 Å². The number of nitrogens with one attached hydrogen (secondary N) is 2. The second kappa shape index (κ2) is 7.42. The van der Waals surface area contributed by atoms with Crippen LogP contribution in [0.1, 0.15) is 11.7 Å². The number of methoxy groups -OCH3 is 1. The van der Waals surface area contributed by atoms with Gasteiger partial charge in [0.15, 0.2) is 0 Å². The molecule has 0 unspecified atom stereocenters. The topological polar surface area (TPSA) is 70.6 Å². The van der Waals surface area contributed by atoms with Crippen molar-refractivity contribution >= 4 is 11.7 Å². The summed E-state index contributed by atoms with van der Waals surface area (Å²) in [5.41, 5.74) is 1.05.